The number of carbonyl (C=O) groups is 2. The van der Waals surface area contributed by atoms with Gasteiger partial charge in [-0.3, -0.25) is 20.4 Å². The Balaban J connectivity index is 1.87. The monoisotopic (exact) mass is 328 g/mol. The van der Waals surface area contributed by atoms with Gasteiger partial charge in [0, 0.05) is 5.56 Å². The lowest BCUT2D eigenvalue weighted by molar-refractivity contribution is -0.128. The first-order chi connectivity index (χ1) is 11.5. The number of hydrazine groups is 1. The van der Waals surface area contributed by atoms with Gasteiger partial charge in [0.05, 0.1) is 7.11 Å². The van der Waals surface area contributed by atoms with Crippen LogP contribution in [-0.4, -0.2) is 25.0 Å². The standard InChI is InChI=1S/C18H20N2O4/c1-12-6-4-5-7-16(12)24-13(2)17(21)19-20-18(22)14-8-10-15(23-3)11-9-14/h4-11,13H,1-3H3,(H,19,21)(H,20,22). The molecule has 2 rings (SSSR count). The van der Waals surface area contributed by atoms with Crippen LogP contribution < -0.4 is 20.3 Å². The number of amides is 2. The summed E-state index contributed by atoms with van der Waals surface area (Å²) in [4.78, 5) is 24.0. The van der Waals surface area contributed by atoms with E-state index in [1.165, 1.54) is 0 Å². The van der Waals surface area contributed by atoms with E-state index < -0.39 is 17.9 Å². The van der Waals surface area contributed by atoms with Gasteiger partial charge in [-0.15, -0.1) is 0 Å². The first-order valence-corrected chi connectivity index (χ1v) is 7.48. The third-order valence-electron chi connectivity index (χ3n) is 3.42. The molecule has 1 atom stereocenters. The summed E-state index contributed by atoms with van der Waals surface area (Å²) in [5.41, 5.74) is 6.05. The molecule has 0 aliphatic rings. The van der Waals surface area contributed by atoms with Crippen molar-refractivity contribution in [3.63, 3.8) is 0 Å². The van der Waals surface area contributed by atoms with E-state index in [-0.39, 0.29) is 0 Å². The third-order valence-corrected chi connectivity index (χ3v) is 3.42. The van der Waals surface area contributed by atoms with E-state index in [0.29, 0.717) is 17.1 Å². The molecule has 2 aromatic carbocycles. The quantitative estimate of drug-likeness (QED) is 0.825. The van der Waals surface area contributed by atoms with E-state index in [9.17, 15) is 9.59 Å². The Morgan fingerprint density at radius 3 is 2.29 bits per heavy atom. The molecule has 0 radical (unpaired) electrons. The van der Waals surface area contributed by atoms with Crippen molar-refractivity contribution in [1.82, 2.24) is 10.9 Å². The second kappa shape index (κ2) is 8.01. The molecule has 0 bridgehead atoms. The highest BCUT2D eigenvalue weighted by atomic mass is 16.5. The lowest BCUT2D eigenvalue weighted by Gasteiger charge is -2.16. The summed E-state index contributed by atoms with van der Waals surface area (Å²) < 4.78 is 10.6. The van der Waals surface area contributed by atoms with Gasteiger partial charge in [0.25, 0.3) is 11.8 Å². The Bertz CT molecular complexity index is 713. The average Bonchev–Trinajstić information content (AvgIpc) is 2.61. The molecule has 0 aliphatic heterocycles. The fraction of sp³-hybridized carbons (Fsp3) is 0.222. The van der Waals surface area contributed by atoms with Crippen LogP contribution in [0.2, 0.25) is 0 Å². The summed E-state index contributed by atoms with van der Waals surface area (Å²) in [6.07, 6.45) is -0.748. The molecule has 0 aromatic heterocycles. The maximum atomic E-state index is 12.0. The summed E-state index contributed by atoms with van der Waals surface area (Å²) in [5, 5.41) is 0. The number of para-hydroxylation sites is 1. The molecule has 2 N–H and O–H groups in total. The van der Waals surface area contributed by atoms with Crippen LogP contribution in [0.5, 0.6) is 11.5 Å². The average molecular weight is 328 g/mol. The highest BCUT2D eigenvalue weighted by Gasteiger charge is 2.16. The Morgan fingerprint density at radius 2 is 1.67 bits per heavy atom. The van der Waals surface area contributed by atoms with E-state index in [4.69, 9.17) is 9.47 Å². The van der Waals surface area contributed by atoms with E-state index in [2.05, 4.69) is 10.9 Å². The predicted octanol–water partition coefficient (Wildman–Crippen LogP) is 2.23. The Morgan fingerprint density at radius 1 is 1.00 bits per heavy atom. The van der Waals surface area contributed by atoms with Gasteiger partial charge >= 0.3 is 0 Å². The molecule has 2 amide bonds. The molecular weight excluding hydrogens is 308 g/mol. The number of nitrogens with one attached hydrogen (secondary N) is 2. The number of hydrogen-bond acceptors (Lipinski definition) is 4. The van der Waals surface area contributed by atoms with Crippen LogP contribution in [0.15, 0.2) is 48.5 Å². The molecule has 2 aromatic rings. The highest BCUT2D eigenvalue weighted by molar-refractivity contribution is 5.95. The van der Waals surface area contributed by atoms with Crippen molar-refractivity contribution in [2.75, 3.05) is 7.11 Å². The van der Waals surface area contributed by atoms with Gasteiger partial charge in [-0.25, -0.2) is 0 Å². The van der Waals surface area contributed by atoms with Crippen molar-refractivity contribution >= 4 is 11.8 Å². The smallest absolute Gasteiger partial charge is 0.279 e. The van der Waals surface area contributed by atoms with Crippen molar-refractivity contribution in [3.05, 3.63) is 59.7 Å². The van der Waals surface area contributed by atoms with Gasteiger partial charge in [0.15, 0.2) is 6.10 Å². The van der Waals surface area contributed by atoms with Crippen molar-refractivity contribution in [3.8, 4) is 11.5 Å². The lowest BCUT2D eigenvalue weighted by atomic mass is 10.2. The van der Waals surface area contributed by atoms with Gasteiger partial charge in [0.2, 0.25) is 0 Å². The zero-order chi connectivity index (χ0) is 17.5. The zero-order valence-corrected chi connectivity index (χ0v) is 13.8. The fourth-order valence-corrected chi connectivity index (χ4v) is 1.97. The lowest BCUT2D eigenvalue weighted by Crippen LogP contribution is -2.47. The molecule has 24 heavy (non-hydrogen) atoms. The van der Waals surface area contributed by atoms with Crippen molar-refractivity contribution in [2.24, 2.45) is 0 Å². The van der Waals surface area contributed by atoms with E-state index in [0.717, 1.165) is 5.56 Å². The Hall–Kier alpha value is -3.02. The van der Waals surface area contributed by atoms with Crippen LogP contribution >= 0.6 is 0 Å². The van der Waals surface area contributed by atoms with Crippen LogP contribution in [0, 0.1) is 6.92 Å². The summed E-state index contributed by atoms with van der Waals surface area (Å²) in [5.74, 6) is 0.409. The third kappa shape index (κ3) is 4.49. The number of hydrogen-bond donors (Lipinski definition) is 2. The van der Waals surface area contributed by atoms with E-state index in [1.54, 1.807) is 44.4 Å². The summed E-state index contributed by atoms with van der Waals surface area (Å²) in [6, 6.07) is 13.9. The fourth-order valence-electron chi connectivity index (χ4n) is 1.97. The van der Waals surface area contributed by atoms with E-state index in [1.807, 2.05) is 25.1 Å². The molecule has 126 valence electrons. The van der Waals surface area contributed by atoms with Gasteiger partial charge in [-0.1, -0.05) is 18.2 Å². The molecule has 0 saturated heterocycles. The van der Waals surface area contributed by atoms with E-state index >= 15 is 0 Å². The number of methoxy groups -OCH3 is 1. The van der Waals surface area contributed by atoms with Crippen LogP contribution in [-0.2, 0) is 4.79 Å². The minimum absolute atomic E-state index is 0.406. The number of rotatable bonds is 5. The normalized spacial score (nSPS) is 11.3. The number of ether oxygens (including phenoxy) is 2. The van der Waals surface area contributed by atoms with Gasteiger partial charge in [-0.05, 0) is 49.7 Å². The van der Waals surface area contributed by atoms with Gasteiger partial charge in [0.1, 0.15) is 11.5 Å². The zero-order valence-electron chi connectivity index (χ0n) is 13.8. The first-order valence-electron chi connectivity index (χ1n) is 7.48. The van der Waals surface area contributed by atoms with Crippen LogP contribution in [0.25, 0.3) is 0 Å². The number of carbonyl (C=O) groups excluding carboxylic acids is 2. The molecule has 1 unspecified atom stereocenters. The molecule has 0 spiro atoms. The predicted molar refractivity (Wildman–Crippen MR) is 89.9 cm³/mol. The molecule has 0 heterocycles. The molecule has 0 aliphatic carbocycles. The highest BCUT2D eigenvalue weighted by Crippen LogP contribution is 2.17. The van der Waals surface area contributed by atoms with Crippen LogP contribution in [0.4, 0.5) is 0 Å². The molecule has 0 fully saturated rings. The largest absolute Gasteiger partial charge is 0.497 e. The topological polar surface area (TPSA) is 76.7 Å². The maximum absolute atomic E-state index is 12.0. The number of benzene rings is 2. The SMILES string of the molecule is COc1ccc(C(=O)NNC(=O)C(C)Oc2ccccc2C)cc1. The maximum Gasteiger partial charge on any atom is 0.279 e. The van der Waals surface area contributed by atoms with Crippen molar-refractivity contribution in [1.29, 1.82) is 0 Å². The first kappa shape index (κ1) is 17.3. The van der Waals surface area contributed by atoms with Gasteiger partial charge < -0.3 is 9.47 Å². The Kier molecular flexibility index (Phi) is 5.78. The van der Waals surface area contributed by atoms with Crippen LogP contribution in [0.3, 0.4) is 0 Å². The molecule has 6 nitrogen and oxygen atoms in total. The summed E-state index contributed by atoms with van der Waals surface area (Å²) in [7, 11) is 1.55. The minimum Gasteiger partial charge on any atom is -0.497 e. The number of aryl methyl sites for hydroxylation is 1. The molecule has 0 saturated carbocycles. The Labute approximate surface area is 140 Å². The van der Waals surface area contributed by atoms with Crippen molar-refractivity contribution in [2.45, 2.75) is 20.0 Å². The second-order valence-corrected chi connectivity index (χ2v) is 5.20. The summed E-state index contributed by atoms with van der Waals surface area (Å²) in [6.45, 7) is 3.51. The summed E-state index contributed by atoms with van der Waals surface area (Å²) >= 11 is 0. The second-order valence-electron chi connectivity index (χ2n) is 5.20. The minimum atomic E-state index is -0.748. The van der Waals surface area contributed by atoms with Crippen LogP contribution in [0.1, 0.15) is 22.8 Å². The van der Waals surface area contributed by atoms with Crippen molar-refractivity contribution < 1.29 is 19.1 Å². The molecule has 6 heteroatoms. The molecular formula is C18H20N2O4. The van der Waals surface area contributed by atoms with Gasteiger partial charge in [-0.2, -0.15) is 0 Å².